The Morgan fingerprint density at radius 3 is 2.96 bits per heavy atom. The van der Waals surface area contributed by atoms with Gasteiger partial charge in [-0.3, -0.25) is 4.79 Å². The Kier molecular flexibility index (Phi) is 5.66. The van der Waals surface area contributed by atoms with E-state index in [1.807, 2.05) is 24.3 Å². The predicted octanol–water partition coefficient (Wildman–Crippen LogP) is 3.76. The van der Waals surface area contributed by atoms with Crippen LogP contribution in [-0.4, -0.2) is 23.5 Å². The van der Waals surface area contributed by atoms with E-state index in [0.717, 1.165) is 31.6 Å². The zero-order chi connectivity index (χ0) is 17.6. The highest BCUT2D eigenvalue weighted by atomic mass is 16.5. The average Bonchev–Trinajstić information content (AvgIpc) is 2.63. The maximum absolute atomic E-state index is 12.4. The summed E-state index contributed by atoms with van der Waals surface area (Å²) in [7, 11) is 0. The first kappa shape index (κ1) is 17.4. The lowest BCUT2D eigenvalue weighted by molar-refractivity contribution is -0.120. The second-order valence-electron chi connectivity index (χ2n) is 6.55. The van der Waals surface area contributed by atoms with E-state index in [1.54, 1.807) is 12.3 Å². The summed E-state index contributed by atoms with van der Waals surface area (Å²) >= 11 is 0. The largest absolute Gasteiger partial charge is 0.439 e. The molecule has 0 radical (unpaired) electrons. The SMILES string of the molecule is CCc1cccc(Oc2ccc(NC(=O)[C@H]3CCN[C@@H](C)C3)cn2)c1. The van der Waals surface area contributed by atoms with Gasteiger partial charge in [0.2, 0.25) is 11.8 Å². The van der Waals surface area contributed by atoms with Crippen molar-refractivity contribution in [3.05, 3.63) is 48.2 Å². The molecule has 1 fully saturated rings. The number of amides is 1. The molecule has 1 aromatic heterocycles. The van der Waals surface area contributed by atoms with E-state index in [1.165, 1.54) is 5.56 Å². The van der Waals surface area contributed by atoms with Crippen LogP contribution in [0.25, 0.3) is 0 Å². The third kappa shape index (κ3) is 4.79. The lowest BCUT2D eigenvalue weighted by Crippen LogP contribution is -2.40. The normalized spacial score (nSPS) is 20.1. The minimum Gasteiger partial charge on any atom is -0.439 e. The van der Waals surface area contributed by atoms with Gasteiger partial charge in [0, 0.05) is 18.0 Å². The van der Waals surface area contributed by atoms with Gasteiger partial charge in [0.1, 0.15) is 5.75 Å². The van der Waals surface area contributed by atoms with Crippen LogP contribution in [0.1, 0.15) is 32.3 Å². The summed E-state index contributed by atoms with van der Waals surface area (Å²) in [4.78, 5) is 16.7. The number of anilines is 1. The van der Waals surface area contributed by atoms with Gasteiger partial charge in [0.05, 0.1) is 11.9 Å². The number of ether oxygens (including phenoxy) is 1. The molecular weight excluding hydrogens is 314 g/mol. The zero-order valence-corrected chi connectivity index (χ0v) is 14.8. The van der Waals surface area contributed by atoms with Crippen LogP contribution in [0.4, 0.5) is 5.69 Å². The van der Waals surface area contributed by atoms with Crippen LogP contribution in [-0.2, 0) is 11.2 Å². The van der Waals surface area contributed by atoms with Crippen molar-refractivity contribution in [3.63, 3.8) is 0 Å². The summed E-state index contributed by atoms with van der Waals surface area (Å²) < 4.78 is 5.78. The Morgan fingerprint density at radius 1 is 1.36 bits per heavy atom. The van der Waals surface area contributed by atoms with Gasteiger partial charge in [-0.05, 0) is 56.5 Å². The molecule has 2 N–H and O–H groups in total. The lowest BCUT2D eigenvalue weighted by atomic mass is 9.92. The van der Waals surface area contributed by atoms with E-state index < -0.39 is 0 Å². The maximum atomic E-state index is 12.4. The summed E-state index contributed by atoms with van der Waals surface area (Å²) in [6, 6.07) is 12.0. The summed E-state index contributed by atoms with van der Waals surface area (Å²) in [5, 5.41) is 6.32. The predicted molar refractivity (Wildman–Crippen MR) is 98.9 cm³/mol. The molecule has 1 aliphatic rings. The molecule has 0 spiro atoms. The van der Waals surface area contributed by atoms with E-state index in [9.17, 15) is 4.79 Å². The van der Waals surface area contributed by atoms with Gasteiger partial charge in [0.15, 0.2) is 0 Å². The zero-order valence-electron chi connectivity index (χ0n) is 14.8. The van der Waals surface area contributed by atoms with E-state index in [2.05, 4.69) is 35.5 Å². The van der Waals surface area contributed by atoms with Gasteiger partial charge >= 0.3 is 0 Å². The Balaban J connectivity index is 1.59. The van der Waals surface area contributed by atoms with Crippen molar-refractivity contribution in [2.24, 2.45) is 5.92 Å². The Morgan fingerprint density at radius 2 is 2.24 bits per heavy atom. The van der Waals surface area contributed by atoms with Gasteiger partial charge < -0.3 is 15.4 Å². The van der Waals surface area contributed by atoms with Crippen molar-refractivity contribution >= 4 is 11.6 Å². The van der Waals surface area contributed by atoms with Gasteiger partial charge in [-0.2, -0.15) is 0 Å². The Hall–Kier alpha value is -2.40. The third-order valence-corrected chi connectivity index (χ3v) is 4.53. The topological polar surface area (TPSA) is 63.2 Å². The van der Waals surface area contributed by atoms with Crippen molar-refractivity contribution in [2.45, 2.75) is 39.2 Å². The molecule has 132 valence electrons. The fourth-order valence-corrected chi connectivity index (χ4v) is 3.08. The number of hydrogen-bond donors (Lipinski definition) is 2. The molecule has 2 heterocycles. The molecule has 25 heavy (non-hydrogen) atoms. The highest BCUT2D eigenvalue weighted by Gasteiger charge is 2.24. The fraction of sp³-hybridized carbons (Fsp3) is 0.400. The lowest BCUT2D eigenvalue weighted by Gasteiger charge is -2.27. The number of carbonyl (C=O) groups excluding carboxylic acids is 1. The molecule has 5 heteroatoms. The van der Waals surface area contributed by atoms with Crippen molar-refractivity contribution in [3.8, 4) is 11.6 Å². The molecule has 1 amide bonds. The van der Waals surface area contributed by atoms with Crippen molar-refractivity contribution < 1.29 is 9.53 Å². The van der Waals surface area contributed by atoms with Crippen molar-refractivity contribution in [1.82, 2.24) is 10.3 Å². The van der Waals surface area contributed by atoms with Gasteiger partial charge in [-0.1, -0.05) is 19.1 Å². The van der Waals surface area contributed by atoms with E-state index in [0.29, 0.717) is 17.6 Å². The molecule has 0 saturated carbocycles. The molecule has 2 atom stereocenters. The number of nitrogens with one attached hydrogen (secondary N) is 2. The van der Waals surface area contributed by atoms with Crippen LogP contribution in [0.15, 0.2) is 42.6 Å². The van der Waals surface area contributed by atoms with Gasteiger partial charge in [-0.25, -0.2) is 4.98 Å². The first-order chi connectivity index (χ1) is 12.1. The molecule has 5 nitrogen and oxygen atoms in total. The average molecular weight is 339 g/mol. The number of nitrogens with zero attached hydrogens (tertiary/aromatic N) is 1. The first-order valence-electron chi connectivity index (χ1n) is 8.91. The Bertz CT molecular complexity index is 715. The highest BCUT2D eigenvalue weighted by molar-refractivity contribution is 5.92. The summed E-state index contributed by atoms with van der Waals surface area (Å²) in [6.07, 6.45) is 4.35. The van der Waals surface area contributed by atoms with E-state index in [-0.39, 0.29) is 11.8 Å². The van der Waals surface area contributed by atoms with Gasteiger partial charge in [0.25, 0.3) is 0 Å². The van der Waals surface area contributed by atoms with Crippen molar-refractivity contribution in [1.29, 1.82) is 0 Å². The third-order valence-electron chi connectivity index (χ3n) is 4.53. The summed E-state index contributed by atoms with van der Waals surface area (Å²) in [5.74, 6) is 1.41. The molecule has 1 aromatic carbocycles. The van der Waals surface area contributed by atoms with Crippen LogP contribution in [0.3, 0.4) is 0 Å². The molecule has 0 bridgehead atoms. The van der Waals surface area contributed by atoms with Crippen molar-refractivity contribution in [2.75, 3.05) is 11.9 Å². The van der Waals surface area contributed by atoms with Crippen LogP contribution >= 0.6 is 0 Å². The quantitative estimate of drug-likeness (QED) is 0.870. The molecule has 1 aliphatic heterocycles. The summed E-state index contributed by atoms with van der Waals surface area (Å²) in [5.41, 5.74) is 1.92. The smallest absolute Gasteiger partial charge is 0.227 e. The number of aryl methyl sites for hydroxylation is 1. The number of carbonyl (C=O) groups is 1. The number of aromatic nitrogens is 1. The highest BCUT2D eigenvalue weighted by Crippen LogP contribution is 2.23. The minimum absolute atomic E-state index is 0.0592. The maximum Gasteiger partial charge on any atom is 0.227 e. The van der Waals surface area contributed by atoms with E-state index >= 15 is 0 Å². The summed E-state index contributed by atoms with van der Waals surface area (Å²) in [6.45, 7) is 5.11. The van der Waals surface area contributed by atoms with Crippen LogP contribution in [0.2, 0.25) is 0 Å². The number of piperidine rings is 1. The monoisotopic (exact) mass is 339 g/mol. The number of pyridine rings is 1. The van der Waals surface area contributed by atoms with Gasteiger partial charge in [-0.15, -0.1) is 0 Å². The molecule has 0 aliphatic carbocycles. The van der Waals surface area contributed by atoms with Crippen LogP contribution < -0.4 is 15.4 Å². The minimum atomic E-state index is 0.0592. The number of rotatable bonds is 5. The second kappa shape index (κ2) is 8.12. The molecule has 1 saturated heterocycles. The number of hydrogen-bond acceptors (Lipinski definition) is 4. The Labute approximate surface area is 148 Å². The van der Waals surface area contributed by atoms with Crippen LogP contribution in [0, 0.1) is 5.92 Å². The molecule has 0 unspecified atom stereocenters. The molecule has 2 aromatic rings. The van der Waals surface area contributed by atoms with E-state index in [4.69, 9.17) is 4.74 Å². The molecular formula is C20H25N3O2. The fourth-order valence-electron chi connectivity index (χ4n) is 3.08. The first-order valence-corrected chi connectivity index (χ1v) is 8.91. The second-order valence-corrected chi connectivity index (χ2v) is 6.55. The standard InChI is InChI=1S/C20H25N3O2/c1-3-15-5-4-6-18(12-15)25-19-8-7-17(13-22-19)23-20(24)16-9-10-21-14(2)11-16/h4-8,12-14,16,21H,3,9-11H2,1-2H3,(H,23,24)/t14-,16-/m0/s1. The molecule has 3 rings (SSSR count). The number of benzene rings is 1. The van der Waals surface area contributed by atoms with Crippen LogP contribution in [0.5, 0.6) is 11.6 Å².